The van der Waals surface area contributed by atoms with Crippen molar-refractivity contribution in [1.82, 2.24) is 0 Å². The predicted octanol–water partition coefficient (Wildman–Crippen LogP) is 3.32. The van der Waals surface area contributed by atoms with Gasteiger partial charge >= 0.3 is 5.97 Å². The summed E-state index contributed by atoms with van der Waals surface area (Å²) in [6.45, 7) is 2.62. The molecule has 0 aliphatic heterocycles. The molecule has 0 radical (unpaired) electrons. The van der Waals surface area contributed by atoms with E-state index in [4.69, 9.17) is 9.84 Å². The summed E-state index contributed by atoms with van der Waals surface area (Å²) in [7, 11) is 0. The minimum Gasteiger partial charge on any atom is -0.492 e. The predicted molar refractivity (Wildman–Crippen MR) is 78.5 cm³/mol. The van der Waals surface area contributed by atoms with E-state index >= 15 is 0 Å². The van der Waals surface area contributed by atoms with Gasteiger partial charge in [-0.25, -0.2) is 9.18 Å². The summed E-state index contributed by atoms with van der Waals surface area (Å²) in [5.41, 5.74) is 1.52. The van der Waals surface area contributed by atoms with E-state index in [1.807, 2.05) is 0 Å². The lowest BCUT2D eigenvalue weighted by molar-refractivity contribution is 0.0697. The number of aryl methyl sites for hydroxylation is 1. The molecule has 0 atom stereocenters. The first-order valence-electron chi connectivity index (χ1n) is 6.52. The Hall–Kier alpha value is -2.56. The van der Waals surface area contributed by atoms with Crippen molar-refractivity contribution in [3.05, 3.63) is 59.4 Å². The zero-order valence-corrected chi connectivity index (χ0v) is 11.6. The highest BCUT2D eigenvalue weighted by atomic mass is 19.1. The maximum absolute atomic E-state index is 13.3. The summed E-state index contributed by atoms with van der Waals surface area (Å²) in [5, 5.41) is 11.8. The lowest BCUT2D eigenvalue weighted by Crippen LogP contribution is -2.11. The van der Waals surface area contributed by atoms with Gasteiger partial charge in [-0.15, -0.1) is 0 Å². The van der Waals surface area contributed by atoms with Gasteiger partial charge in [0.1, 0.15) is 18.2 Å². The van der Waals surface area contributed by atoms with E-state index in [0.29, 0.717) is 30.2 Å². The van der Waals surface area contributed by atoms with Crippen molar-refractivity contribution in [3.63, 3.8) is 0 Å². The van der Waals surface area contributed by atoms with Gasteiger partial charge in [0.05, 0.1) is 5.56 Å². The number of carboxylic acids is 1. The van der Waals surface area contributed by atoms with Crippen LogP contribution in [0.25, 0.3) is 0 Å². The minimum absolute atomic E-state index is 0.218. The van der Waals surface area contributed by atoms with E-state index in [-0.39, 0.29) is 11.4 Å². The Kier molecular flexibility index (Phi) is 4.77. The Morgan fingerprint density at radius 3 is 2.57 bits per heavy atom. The molecule has 4 nitrogen and oxygen atoms in total. The normalized spacial score (nSPS) is 10.2. The van der Waals surface area contributed by atoms with Crippen LogP contribution in [-0.4, -0.2) is 24.2 Å². The summed E-state index contributed by atoms with van der Waals surface area (Å²) in [6, 6.07) is 11.1. The van der Waals surface area contributed by atoms with Crippen LogP contribution in [0.3, 0.4) is 0 Å². The first-order valence-corrected chi connectivity index (χ1v) is 6.52. The fourth-order valence-corrected chi connectivity index (χ4v) is 1.76. The van der Waals surface area contributed by atoms with Crippen LogP contribution in [0.4, 0.5) is 10.1 Å². The van der Waals surface area contributed by atoms with E-state index in [1.54, 1.807) is 31.2 Å². The van der Waals surface area contributed by atoms with Crippen LogP contribution >= 0.6 is 0 Å². The molecule has 0 aliphatic carbocycles. The van der Waals surface area contributed by atoms with Gasteiger partial charge < -0.3 is 15.2 Å². The summed E-state index contributed by atoms with van der Waals surface area (Å²) in [4.78, 5) is 10.7. The van der Waals surface area contributed by atoms with Crippen molar-refractivity contribution in [2.75, 3.05) is 18.5 Å². The van der Waals surface area contributed by atoms with Crippen molar-refractivity contribution in [1.29, 1.82) is 0 Å². The third-order valence-corrected chi connectivity index (χ3v) is 2.97. The van der Waals surface area contributed by atoms with Crippen molar-refractivity contribution in [2.45, 2.75) is 6.92 Å². The molecule has 110 valence electrons. The Morgan fingerprint density at radius 1 is 1.24 bits per heavy atom. The second-order valence-corrected chi connectivity index (χ2v) is 4.57. The van der Waals surface area contributed by atoms with Crippen molar-refractivity contribution < 1.29 is 19.0 Å². The van der Waals surface area contributed by atoms with E-state index < -0.39 is 5.97 Å². The molecule has 2 aromatic rings. The number of aromatic carboxylic acids is 1. The molecular weight excluding hydrogens is 273 g/mol. The van der Waals surface area contributed by atoms with Crippen LogP contribution in [-0.2, 0) is 0 Å². The van der Waals surface area contributed by atoms with Crippen molar-refractivity contribution in [3.8, 4) is 5.75 Å². The Bertz CT molecular complexity index is 626. The molecule has 2 aromatic carbocycles. The smallest absolute Gasteiger partial charge is 0.335 e. The van der Waals surface area contributed by atoms with Gasteiger partial charge in [0, 0.05) is 12.2 Å². The second-order valence-electron chi connectivity index (χ2n) is 4.57. The summed E-state index contributed by atoms with van der Waals surface area (Å²) < 4.78 is 18.8. The zero-order chi connectivity index (χ0) is 15.2. The number of hydrogen-bond acceptors (Lipinski definition) is 3. The molecule has 0 aromatic heterocycles. The lowest BCUT2D eigenvalue weighted by Gasteiger charge is -2.09. The number of benzene rings is 2. The van der Waals surface area contributed by atoms with Crippen LogP contribution in [0.5, 0.6) is 5.75 Å². The minimum atomic E-state index is -0.968. The third-order valence-electron chi connectivity index (χ3n) is 2.97. The third kappa shape index (κ3) is 4.21. The molecular formula is C16H16FNO3. The molecule has 0 spiro atoms. The molecule has 0 heterocycles. The number of rotatable bonds is 6. The van der Waals surface area contributed by atoms with Crippen LogP contribution < -0.4 is 10.1 Å². The molecule has 5 heteroatoms. The average molecular weight is 289 g/mol. The molecule has 0 unspecified atom stereocenters. The van der Waals surface area contributed by atoms with Gasteiger partial charge in [-0.2, -0.15) is 0 Å². The molecule has 2 N–H and O–H groups in total. The lowest BCUT2D eigenvalue weighted by atomic mass is 10.2. The van der Waals surface area contributed by atoms with E-state index in [0.717, 1.165) is 0 Å². The van der Waals surface area contributed by atoms with Crippen molar-refractivity contribution in [2.24, 2.45) is 0 Å². The Balaban J connectivity index is 1.79. The van der Waals surface area contributed by atoms with Gasteiger partial charge in [-0.1, -0.05) is 6.07 Å². The zero-order valence-electron chi connectivity index (χ0n) is 11.6. The van der Waals surface area contributed by atoms with E-state index in [2.05, 4.69) is 5.32 Å². The van der Waals surface area contributed by atoms with Crippen LogP contribution in [0.2, 0.25) is 0 Å². The van der Waals surface area contributed by atoms with Gasteiger partial charge in [0.25, 0.3) is 0 Å². The van der Waals surface area contributed by atoms with Crippen LogP contribution in [0.1, 0.15) is 15.9 Å². The quantitative estimate of drug-likeness (QED) is 0.801. The Labute approximate surface area is 122 Å². The maximum atomic E-state index is 13.3. The Morgan fingerprint density at radius 2 is 1.95 bits per heavy atom. The molecule has 0 saturated heterocycles. The summed E-state index contributed by atoms with van der Waals surface area (Å²) in [6.07, 6.45) is 0. The SMILES string of the molecule is Cc1ccc(NCCOc2ccc(C(=O)O)cc2)cc1F. The number of anilines is 1. The maximum Gasteiger partial charge on any atom is 0.335 e. The van der Waals surface area contributed by atoms with Crippen LogP contribution in [0.15, 0.2) is 42.5 Å². The first-order chi connectivity index (χ1) is 10.1. The fourth-order valence-electron chi connectivity index (χ4n) is 1.76. The molecule has 0 aliphatic rings. The van der Waals surface area contributed by atoms with Gasteiger partial charge in [0.15, 0.2) is 0 Å². The largest absolute Gasteiger partial charge is 0.492 e. The number of carbonyl (C=O) groups is 1. The molecule has 0 amide bonds. The molecule has 0 bridgehead atoms. The molecule has 2 rings (SSSR count). The van der Waals surface area contributed by atoms with Gasteiger partial charge in [-0.3, -0.25) is 0 Å². The molecule has 0 fully saturated rings. The summed E-state index contributed by atoms with van der Waals surface area (Å²) in [5.74, 6) is -0.619. The van der Waals surface area contributed by atoms with E-state index in [1.165, 1.54) is 18.2 Å². The number of nitrogens with one attached hydrogen (secondary N) is 1. The summed E-state index contributed by atoms with van der Waals surface area (Å²) >= 11 is 0. The topological polar surface area (TPSA) is 58.6 Å². The number of carboxylic acid groups (broad SMARTS) is 1. The van der Waals surface area contributed by atoms with Crippen LogP contribution in [0, 0.1) is 12.7 Å². The molecule has 0 saturated carbocycles. The number of ether oxygens (including phenoxy) is 1. The van der Waals surface area contributed by atoms with Gasteiger partial charge in [-0.05, 0) is 48.9 Å². The van der Waals surface area contributed by atoms with E-state index in [9.17, 15) is 9.18 Å². The fraction of sp³-hybridized carbons (Fsp3) is 0.188. The monoisotopic (exact) mass is 289 g/mol. The standard InChI is InChI=1S/C16H16FNO3/c1-11-2-5-13(10-15(11)17)18-8-9-21-14-6-3-12(4-7-14)16(19)20/h2-7,10,18H,8-9H2,1H3,(H,19,20). The average Bonchev–Trinajstić information content (AvgIpc) is 2.47. The number of halogens is 1. The first kappa shape index (κ1) is 14.8. The highest BCUT2D eigenvalue weighted by Gasteiger charge is 2.02. The van der Waals surface area contributed by atoms with Gasteiger partial charge in [0.2, 0.25) is 0 Å². The molecule has 21 heavy (non-hydrogen) atoms. The highest BCUT2D eigenvalue weighted by Crippen LogP contribution is 2.14. The second kappa shape index (κ2) is 6.74. The number of hydrogen-bond donors (Lipinski definition) is 2. The highest BCUT2D eigenvalue weighted by molar-refractivity contribution is 5.87. The van der Waals surface area contributed by atoms with Crippen molar-refractivity contribution >= 4 is 11.7 Å².